The summed E-state index contributed by atoms with van der Waals surface area (Å²) in [5, 5.41) is 0.895. The van der Waals surface area contributed by atoms with E-state index >= 15 is 0 Å². The van der Waals surface area contributed by atoms with Gasteiger partial charge in [-0.3, -0.25) is 10.2 Å². The van der Waals surface area contributed by atoms with Crippen molar-refractivity contribution >= 4 is 17.7 Å². The summed E-state index contributed by atoms with van der Waals surface area (Å²) >= 11 is 0. The number of hydrazine groups is 1. The Kier molecular flexibility index (Phi) is 4.12. The number of ether oxygens (including phenoxy) is 2. The molecule has 0 bridgehead atoms. The molecule has 3 rings (SSSR count). The van der Waals surface area contributed by atoms with Gasteiger partial charge in [0.05, 0.1) is 12.3 Å². The number of carbonyl (C=O) groups excluding carboxylic acids is 2. The van der Waals surface area contributed by atoms with Crippen LogP contribution in [0.5, 0.6) is 5.75 Å². The molecular weight excluding hydrogens is 308 g/mol. The lowest BCUT2D eigenvalue weighted by atomic mass is 9.95. The molecule has 2 aromatic carbocycles. The van der Waals surface area contributed by atoms with Crippen molar-refractivity contribution in [1.82, 2.24) is 5.01 Å². The number of rotatable bonds is 5. The van der Waals surface area contributed by atoms with Gasteiger partial charge in [0, 0.05) is 5.56 Å². The lowest BCUT2D eigenvalue weighted by Gasteiger charge is -2.20. The van der Waals surface area contributed by atoms with Crippen molar-refractivity contribution in [2.75, 3.05) is 12.0 Å². The highest BCUT2D eigenvalue weighted by molar-refractivity contribution is 6.04. The number of para-hydroxylation sites is 1. The molecule has 2 amide bonds. The number of amides is 2. The highest BCUT2D eigenvalue weighted by atomic mass is 16.6. The van der Waals surface area contributed by atoms with Crippen molar-refractivity contribution in [3.05, 3.63) is 60.2 Å². The molecule has 0 saturated carbocycles. The van der Waals surface area contributed by atoms with Gasteiger partial charge in [0.25, 0.3) is 5.91 Å². The Hall–Kier alpha value is -3.02. The SMILES string of the molecule is CCOc1ccc(C2(C)OC(=O)N(Nc3ccccc3)C2=O)cc1. The molecule has 1 N–H and O–H groups in total. The predicted molar refractivity (Wildman–Crippen MR) is 88.4 cm³/mol. The first-order chi connectivity index (χ1) is 11.5. The zero-order chi connectivity index (χ0) is 17.2. The van der Waals surface area contributed by atoms with Gasteiger partial charge >= 0.3 is 6.09 Å². The maximum absolute atomic E-state index is 12.7. The summed E-state index contributed by atoms with van der Waals surface area (Å²) in [5.41, 5.74) is 2.62. The minimum Gasteiger partial charge on any atom is -0.494 e. The number of anilines is 1. The number of carbonyl (C=O) groups is 2. The molecule has 2 aromatic rings. The maximum Gasteiger partial charge on any atom is 0.437 e. The molecule has 1 saturated heterocycles. The van der Waals surface area contributed by atoms with Crippen LogP contribution in [-0.2, 0) is 15.1 Å². The molecule has 1 aliphatic heterocycles. The van der Waals surface area contributed by atoms with Crippen LogP contribution >= 0.6 is 0 Å². The Balaban J connectivity index is 1.83. The first-order valence-electron chi connectivity index (χ1n) is 7.67. The third kappa shape index (κ3) is 2.78. The smallest absolute Gasteiger partial charge is 0.437 e. The molecule has 0 aliphatic carbocycles. The molecule has 6 nitrogen and oxygen atoms in total. The molecule has 0 aromatic heterocycles. The van der Waals surface area contributed by atoms with E-state index in [0.29, 0.717) is 23.6 Å². The minimum atomic E-state index is -1.37. The van der Waals surface area contributed by atoms with Crippen molar-refractivity contribution in [1.29, 1.82) is 0 Å². The normalized spacial score (nSPS) is 20.0. The lowest BCUT2D eigenvalue weighted by molar-refractivity contribution is -0.135. The van der Waals surface area contributed by atoms with E-state index in [2.05, 4.69) is 5.43 Å². The third-order valence-corrected chi connectivity index (χ3v) is 3.82. The standard InChI is InChI=1S/C18H18N2O4/c1-3-23-15-11-9-13(10-12-15)18(2)16(21)20(17(22)24-18)19-14-7-5-4-6-8-14/h4-12,19H,3H2,1-2H3. The van der Waals surface area contributed by atoms with Gasteiger partial charge in [-0.1, -0.05) is 30.3 Å². The summed E-state index contributed by atoms with van der Waals surface area (Å²) < 4.78 is 10.8. The van der Waals surface area contributed by atoms with Crippen LogP contribution in [0.2, 0.25) is 0 Å². The van der Waals surface area contributed by atoms with E-state index in [1.54, 1.807) is 55.5 Å². The molecule has 6 heteroatoms. The van der Waals surface area contributed by atoms with Crippen LogP contribution in [0.25, 0.3) is 0 Å². The van der Waals surface area contributed by atoms with Crippen LogP contribution in [0, 0.1) is 0 Å². The first-order valence-corrected chi connectivity index (χ1v) is 7.67. The predicted octanol–water partition coefficient (Wildman–Crippen LogP) is 3.31. The number of benzene rings is 2. The molecule has 1 fully saturated rings. The van der Waals surface area contributed by atoms with Gasteiger partial charge in [0.15, 0.2) is 0 Å². The van der Waals surface area contributed by atoms with Gasteiger partial charge in [0.1, 0.15) is 5.75 Å². The van der Waals surface area contributed by atoms with E-state index in [9.17, 15) is 9.59 Å². The molecule has 24 heavy (non-hydrogen) atoms. The largest absolute Gasteiger partial charge is 0.494 e. The van der Waals surface area contributed by atoms with Crippen molar-refractivity contribution in [3.63, 3.8) is 0 Å². The van der Waals surface area contributed by atoms with Crippen molar-refractivity contribution < 1.29 is 19.1 Å². The van der Waals surface area contributed by atoms with Gasteiger partial charge < -0.3 is 9.47 Å². The Morgan fingerprint density at radius 2 is 1.75 bits per heavy atom. The number of nitrogens with one attached hydrogen (secondary N) is 1. The van der Waals surface area contributed by atoms with Crippen molar-refractivity contribution in [2.45, 2.75) is 19.4 Å². The van der Waals surface area contributed by atoms with Crippen LogP contribution in [0.3, 0.4) is 0 Å². The van der Waals surface area contributed by atoms with Crippen LogP contribution in [0.4, 0.5) is 10.5 Å². The fraction of sp³-hybridized carbons (Fsp3) is 0.222. The average molecular weight is 326 g/mol. The Bertz CT molecular complexity index is 745. The highest BCUT2D eigenvalue weighted by Gasteiger charge is 2.52. The Morgan fingerprint density at radius 3 is 2.38 bits per heavy atom. The molecule has 1 atom stereocenters. The van der Waals surface area contributed by atoms with E-state index in [4.69, 9.17) is 9.47 Å². The zero-order valence-electron chi connectivity index (χ0n) is 13.5. The van der Waals surface area contributed by atoms with E-state index in [0.717, 1.165) is 5.01 Å². The topological polar surface area (TPSA) is 67.9 Å². The number of nitrogens with zero attached hydrogens (tertiary/aromatic N) is 1. The fourth-order valence-corrected chi connectivity index (χ4v) is 2.52. The summed E-state index contributed by atoms with van der Waals surface area (Å²) in [6.07, 6.45) is -0.736. The van der Waals surface area contributed by atoms with E-state index in [-0.39, 0.29) is 0 Å². The fourth-order valence-electron chi connectivity index (χ4n) is 2.52. The molecular formula is C18H18N2O4. The monoisotopic (exact) mass is 326 g/mol. The molecule has 1 unspecified atom stereocenters. The maximum atomic E-state index is 12.7. The third-order valence-electron chi connectivity index (χ3n) is 3.82. The van der Waals surface area contributed by atoms with Gasteiger partial charge in [0.2, 0.25) is 5.60 Å². The number of hydrogen-bond acceptors (Lipinski definition) is 5. The van der Waals surface area contributed by atoms with E-state index in [1.165, 1.54) is 0 Å². The first kappa shape index (κ1) is 15.9. The number of hydrogen-bond donors (Lipinski definition) is 1. The Morgan fingerprint density at radius 1 is 1.08 bits per heavy atom. The van der Waals surface area contributed by atoms with Gasteiger partial charge in [-0.2, -0.15) is 0 Å². The molecule has 1 aliphatic rings. The number of cyclic esters (lactones) is 1. The molecule has 0 radical (unpaired) electrons. The lowest BCUT2D eigenvalue weighted by Crippen LogP contribution is -2.40. The van der Waals surface area contributed by atoms with Crippen LogP contribution < -0.4 is 10.2 Å². The van der Waals surface area contributed by atoms with Gasteiger partial charge in [-0.15, -0.1) is 5.01 Å². The Labute approximate surface area is 140 Å². The molecule has 0 spiro atoms. The summed E-state index contributed by atoms with van der Waals surface area (Å²) in [6.45, 7) is 4.03. The van der Waals surface area contributed by atoms with E-state index < -0.39 is 17.6 Å². The van der Waals surface area contributed by atoms with Crippen LogP contribution in [0.1, 0.15) is 19.4 Å². The molecule has 124 valence electrons. The summed E-state index contributed by atoms with van der Waals surface area (Å²) in [4.78, 5) is 24.9. The summed E-state index contributed by atoms with van der Waals surface area (Å²) in [5.74, 6) is 0.224. The summed E-state index contributed by atoms with van der Waals surface area (Å²) in [6, 6.07) is 15.9. The van der Waals surface area contributed by atoms with Crippen LogP contribution in [-0.4, -0.2) is 23.6 Å². The van der Waals surface area contributed by atoms with Crippen molar-refractivity contribution in [3.8, 4) is 5.75 Å². The summed E-state index contributed by atoms with van der Waals surface area (Å²) in [7, 11) is 0. The molecule has 1 heterocycles. The minimum absolute atomic E-state index is 0.472. The number of imide groups is 1. The van der Waals surface area contributed by atoms with Gasteiger partial charge in [-0.05, 0) is 38.1 Å². The highest BCUT2D eigenvalue weighted by Crippen LogP contribution is 2.35. The van der Waals surface area contributed by atoms with Crippen LogP contribution in [0.15, 0.2) is 54.6 Å². The van der Waals surface area contributed by atoms with Gasteiger partial charge in [-0.25, -0.2) is 4.79 Å². The van der Waals surface area contributed by atoms with E-state index in [1.807, 2.05) is 13.0 Å². The zero-order valence-corrected chi connectivity index (χ0v) is 13.5. The second-order valence-electron chi connectivity index (χ2n) is 5.48. The average Bonchev–Trinajstić information content (AvgIpc) is 2.81. The second kappa shape index (κ2) is 6.23. The second-order valence-corrected chi connectivity index (χ2v) is 5.48. The van der Waals surface area contributed by atoms with Crippen molar-refractivity contribution in [2.24, 2.45) is 0 Å². The quantitative estimate of drug-likeness (QED) is 0.913.